The van der Waals surface area contributed by atoms with E-state index in [1.54, 1.807) is 6.20 Å². The minimum Gasteiger partial charge on any atom is -0.241 e. The van der Waals surface area contributed by atoms with Crippen LogP contribution in [0.15, 0.2) is 43.1 Å². The van der Waals surface area contributed by atoms with E-state index in [0.29, 0.717) is 5.92 Å². The van der Waals surface area contributed by atoms with Gasteiger partial charge in [0.25, 0.3) is 0 Å². The van der Waals surface area contributed by atoms with Crippen LogP contribution in [0, 0.1) is 0 Å². The quantitative estimate of drug-likeness (QED) is 0.713. The van der Waals surface area contributed by atoms with Crippen molar-refractivity contribution < 1.29 is 0 Å². The van der Waals surface area contributed by atoms with Gasteiger partial charge in [-0.15, -0.1) is 0 Å². The molecule has 1 aromatic heterocycles. The molecule has 0 atom stereocenters. The Bertz CT molecular complexity index is 414. The summed E-state index contributed by atoms with van der Waals surface area (Å²) in [7, 11) is 0. The van der Waals surface area contributed by atoms with Crippen LogP contribution in [0.5, 0.6) is 0 Å². The average molecular weight is 214 g/mol. The van der Waals surface area contributed by atoms with Gasteiger partial charge in [0.2, 0.25) is 0 Å². The summed E-state index contributed by atoms with van der Waals surface area (Å²) >= 11 is 0. The maximum atomic E-state index is 4.51. The van der Waals surface area contributed by atoms with Crippen LogP contribution in [0.25, 0.3) is 5.57 Å². The molecule has 0 radical (unpaired) electrons. The fourth-order valence-corrected chi connectivity index (χ4v) is 1.27. The molecule has 0 aromatic carbocycles. The highest BCUT2D eigenvalue weighted by atomic mass is 14.9. The first-order valence-electron chi connectivity index (χ1n) is 5.47. The number of aromatic nitrogens is 2. The van der Waals surface area contributed by atoms with Crippen LogP contribution in [0.1, 0.15) is 38.2 Å². The summed E-state index contributed by atoms with van der Waals surface area (Å²) in [5, 5.41) is 0. The van der Waals surface area contributed by atoms with Crippen LogP contribution in [-0.4, -0.2) is 9.97 Å². The number of hydrogen-bond donors (Lipinski definition) is 0. The van der Waals surface area contributed by atoms with Gasteiger partial charge < -0.3 is 0 Å². The Kier molecular flexibility index (Phi) is 4.65. The molecule has 2 nitrogen and oxygen atoms in total. The van der Waals surface area contributed by atoms with Crippen molar-refractivity contribution in [2.24, 2.45) is 0 Å². The van der Waals surface area contributed by atoms with E-state index in [1.165, 1.54) is 0 Å². The summed E-state index contributed by atoms with van der Waals surface area (Å²) < 4.78 is 0. The van der Waals surface area contributed by atoms with E-state index in [4.69, 9.17) is 0 Å². The first kappa shape index (κ1) is 12.4. The predicted octanol–water partition coefficient (Wildman–Crippen LogP) is 3.75. The third kappa shape index (κ3) is 3.16. The molecular formula is C14H18N2. The standard InChI is InChI=1S/C14H18N2/c1-5-7-8-12(6-2)13-9-10-15-14(16-13)11(3)4/h5-11H,2H2,1,3-4H3/b7-5-,12-8+. The number of hydrogen-bond acceptors (Lipinski definition) is 2. The first-order valence-corrected chi connectivity index (χ1v) is 5.47. The van der Waals surface area contributed by atoms with Crippen molar-refractivity contribution in [1.29, 1.82) is 0 Å². The molecule has 0 saturated carbocycles. The molecule has 0 aliphatic heterocycles. The van der Waals surface area contributed by atoms with Crippen LogP contribution in [0.4, 0.5) is 0 Å². The number of rotatable bonds is 4. The number of allylic oxidation sites excluding steroid dienone is 5. The molecular weight excluding hydrogens is 196 g/mol. The van der Waals surface area contributed by atoms with Crippen LogP contribution < -0.4 is 0 Å². The molecule has 0 amide bonds. The Morgan fingerprint density at radius 2 is 2.19 bits per heavy atom. The van der Waals surface area contributed by atoms with E-state index in [-0.39, 0.29) is 0 Å². The second-order valence-electron chi connectivity index (χ2n) is 3.81. The zero-order valence-electron chi connectivity index (χ0n) is 10.1. The molecule has 1 aromatic rings. The van der Waals surface area contributed by atoms with Gasteiger partial charge in [0, 0.05) is 12.1 Å². The van der Waals surface area contributed by atoms with E-state index in [9.17, 15) is 0 Å². The van der Waals surface area contributed by atoms with Crippen molar-refractivity contribution in [2.75, 3.05) is 0 Å². The van der Waals surface area contributed by atoms with Crippen LogP contribution in [0.2, 0.25) is 0 Å². The molecule has 84 valence electrons. The van der Waals surface area contributed by atoms with Gasteiger partial charge >= 0.3 is 0 Å². The Labute approximate surface area is 97.5 Å². The molecule has 0 fully saturated rings. The summed E-state index contributed by atoms with van der Waals surface area (Å²) in [6, 6.07) is 1.91. The highest BCUT2D eigenvalue weighted by Gasteiger charge is 2.04. The SMILES string of the molecule is C=C/C(=C\C=C/C)c1ccnc(C(C)C)n1. The van der Waals surface area contributed by atoms with Gasteiger partial charge in [0.1, 0.15) is 5.82 Å². The second kappa shape index (κ2) is 6.01. The van der Waals surface area contributed by atoms with Crippen molar-refractivity contribution in [3.63, 3.8) is 0 Å². The van der Waals surface area contributed by atoms with Gasteiger partial charge in [-0.3, -0.25) is 0 Å². The smallest absolute Gasteiger partial charge is 0.131 e. The van der Waals surface area contributed by atoms with Gasteiger partial charge in [-0.05, 0) is 18.6 Å². The normalized spacial score (nSPS) is 12.4. The van der Waals surface area contributed by atoms with Crippen molar-refractivity contribution in [3.05, 3.63) is 54.7 Å². The topological polar surface area (TPSA) is 25.8 Å². The largest absolute Gasteiger partial charge is 0.241 e. The predicted molar refractivity (Wildman–Crippen MR) is 69.1 cm³/mol. The van der Waals surface area contributed by atoms with E-state index < -0.39 is 0 Å². The first-order chi connectivity index (χ1) is 7.69. The average Bonchev–Trinajstić information content (AvgIpc) is 2.30. The molecule has 2 heteroatoms. The lowest BCUT2D eigenvalue weighted by Crippen LogP contribution is -1.99. The van der Waals surface area contributed by atoms with Crippen molar-refractivity contribution in [2.45, 2.75) is 26.7 Å². The van der Waals surface area contributed by atoms with Gasteiger partial charge in [0.15, 0.2) is 0 Å². The summed E-state index contributed by atoms with van der Waals surface area (Å²) in [5.41, 5.74) is 1.94. The summed E-state index contributed by atoms with van der Waals surface area (Å²) in [6.45, 7) is 9.96. The fourth-order valence-electron chi connectivity index (χ4n) is 1.27. The zero-order chi connectivity index (χ0) is 12.0. The lowest BCUT2D eigenvalue weighted by atomic mass is 10.1. The molecule has 0 unspecified atom stereocenters. The van der Waals surface area contributed by atoms with Gasteiger partial charge in [-0.2, -0.15) is 0 Å². The van der Waals surface area contributed by atoms with Crippen molar-refractivity contribution >= 4 is 5.57 Å². The molecule has 0 saturated heterocycles. The van der Waals surface area contributed by atoms with Gasteiger partial charge in [0.05, 0.1) is 5.69 Å². The maximum absolute atomic E-state index is 4.51. The third-order valence-electron chi connectivity index (χ3n) is 2.17. The summed E-state index contributed by atoms with van der Waals surface area (Å²) in [5.74, 6) is 1.21. The molecule has 0 aliphatic carbocycles. The van der Waals surface area contributed by atoms with E-state index in [2.05, 4.69) is 30.4 Å². The third-order valence-corrected chi connectivity index (χ3v) is 2.17. The van der Waals surface area contributed by atoms with E-state index >= 15 is 0 Å². The maximum Gasteiger partial charge on any atom is 0.131 e. The fraction of sp³-hybridized carbons (Fsp3) is 0.286. The highest BCUT2D eigenvalue weighted by Crippen LogP contribution is 2.15. The molecule has 1 rings (SSSR count). The minimum atomic E-state index is 0.340. The Hall–Kier alpha value is -1.70. The van der Waals surface area contributed by atoms with Crippen molar-refractivity contribution in [1.82, 2.24) is 9.97 Å². The van der Waals surface area contributed by atoms with Gasteiger partial charge in [-0.25, -0.2) is 9.97 Å². The molecule has 16 heavy (non-hydrogen) atoms. The van der Waals surface area contributed by atoms with Crippen molar-refractivity contribution in [3.8, 4) is 0 Å². The van der Waals surface area contributed by atoms with E-state index in [0.717, 1.165) is 17.1 Å². The lowest BCUT2D eigenvalue weighted by Gasteiger charge is -2.06. The molecule has 1 heterocycles. The number of nitrogens with zero attached hydrogens (tertiary/aromatic N) is 2. The second-order valence-corrected chi connectivity index (χ2v) is 3.81. The lowest BCUT2D eigenvalue weighted by molar-refractivity contribution is 0.771. The van der Waals surface area contributed by atoms with Crippen LogP contribution in [-0.2, 0) is 0 Å². The van der Waals surface area contributed by atoms with E-state index in [1.807, 2.05) is 37.3 Å². The van der Waals surface area contributed by atoms with Crippen LogP contribution in [0.3, 0.4) is 0 Å². The molecule has 0 spiro atoms. The Morgan fingerprint density at radius 1 is 1.44 bits per heavy atom. The summed E-state index contributed by atoms with van der Waals surface area (Å²) in [4.78, 5) is 8.76. The molecule has 0 aliphatic rings. The Balaban J connectivity index is 3.11. The minimum absolute atomic E-state index is 0.340. The molecule has 0 N–H and O–H groups in total. The van der Waals surface area contributed by atoms with Gasteiger partial charge in [-0.1, -0.05) is 44.7 Å². The van der Waals surface area contributed by atoms with Crippen LogP contribution >= 0.6 is 0 Å². The summed E-state index contributed by atoms with van der Waals surface area (Å²) in [6.07, 6.45) is 9.57. The monoisotopic (exact) mass is 214 g/mol. The Morgan fingerprint density at radius 3 is 2.75 bits per heavy atom. The zero-order valence-corrected chi connectivity index (χ0v) is 10.1. The molecule has 0 bridgehead atoms. The highest BCUT2D eigenvalue weighted by molar-refractivity contribution is 5.72.